The van der Waals surface area contributed by atoms with Crippen molar-refractivity contribution in [1.82, 2.24) is 10.3 Å². The highest BCUT2D eigenvalue weighted by molar-refractivity contribution is 9.10. The van der Waals surface area contributed by atoms with Crippen molar-refractivity contribution in [3.8, 4) is 0 Å². The topological polar surface area (TPSA) is 100 Å². The first kappa shape index (κ1) is 13.6. The molecule has 1 aliphatic rings. The molecule has 0 bridgehead atoms. The van der Waals surface area contributed by atoms with Crippen LogP contribution in [0.25, 0.3) is 0 Å². The van der Waals surface area contributed by atoms with Gasteiger partial charge in [0, 0.05) is 16.2 Å². The largest absolute Gasteiger partial charge is 0.370 e. The lowest BCUT2D eigenvalue weighted by Crippen LogP contribution is -2.39. The number of nitrogens with one attached hydrogen (secondary N) is 2. The lowest BCUT2D eigenvalue weighted by molar-refractivity contribution is -0.122. The fourth-order valence-corrected chi connectivity index (χ4v) is 2.83. The number of hydrogen-bond donors (Lipinski definition) is 3. The second-order valence-electron chi connectivity index (χ2n) is 4.63. The number of aldehydes is 1. The minimum absolute atomic E-state index is 0.0498. The predicted octanol–water partition coefficient (Wildman–Crippen LogP) is 1.28. The molecule has 2 heterocycles. The molecule has 0 saturated heterocycles. The highest BCUT2D eigenvalue weighted by atomic mass is 79.9. The smallest absolute Gasteiger partial charge is 0.264 e. The van der Waals surface area contributed by atoms with Gasteiger partial charge in [-0.15, -0.1) is 0 Å². The number of carbonyl (C=O) groups is 2. The van der Waals surface area contributed by atoms with Crippen molar-refractivity contribution in [2.75, 3.05) is 0 Å². The molecule has 4 N–H and O–H groups in total. The van der Waals surface area contributed by atoms with Crippen molar-refractivity contribution in [3.05, 3.63) is 57.8 Å². The van der Waals surface area contributed by atoms with Gasteiger partial charge in [-0.3, -0.25) is 14.9 Å². The molecule has 6 nitrogen and oxygen atoms in total. The summed E-state index contributed by atoms with van der Waals surface area (Å²) < 4.78 is 0.819. The Morgan fingerprint density at radius 3 is 2.67 bits per heavy atom. The van der Waals surface area contributed by atoms with Gasteiger partial charge in [0.2, 0.25) is 0 Å². The van der Waals surface area contributed by atoms with Crippen molar-refractivity contribution >= 4 is 34.1 Å². The van der Waals surface area contributed by atoms with Gasteiger partial charge in [0.05, 0.1) is 5.69 Å². The fourth-order valence-electron chi connectivity index (χ4n) is 2.43. The average molecular weight is 347 g/mol. The Balaban J connectivity index is 2.26. The summed E-state index contributed by atoms with van der Waals surface area (Å²) in [6, 6.07) is 8.85. The third-order valence-electron chi connectivity index (χ3n) is 3.35. The van der Waals surface area contributed by atoms with Gasteiger partial charge in [-0.2, -0.15) is 0 Å². The SMILES string of the molecule is NC1=NC(c2cccc(Br)c2)(c2c[nH]c(C=O)c2)C(=O)N1. The third-order valence-corrected chi connectivity index (χ3v) is 3.84. The Bertz CT molecular complexity index is 768. The van der Waals surface area contributed by atoms with Crippen LogP contribution in [-0.4, -0.2) is 23.1 Å². The average Bonchev–Trinajstić information content (AvgIpc) is 3.03. The van der Waals surface area contributed by atoms with Gasteiger partial charge in [0.1, 0.15) is 0 Å². The zero-order chi connectivity index (χ0) is 15.0. The van der Waals surface area contributed by atoms with Crippen molar-refractivity contribution in [3.63, 3.8) is 0 Å². The highest BCUT2D eigenvalue weighted by Crippen LogP contribution is 2.37. The Labute approximate surface area is 128 Å². The minimum Gasteiger partial charge on any atom is -0.370 e. The van der Waals surface area contributed by atoms with Gasteiger partial charge in [0.25, 0.3) is 5.91 Å². The molecule has 1 aromatic heterocycles. The Kier molecular flexibility index (Phi) is 3.13. The quantitative estimate of drug-likeness (QED) is 0.729. The molecule has 0 radical (unpaired) electrons. The highest BCUT2D eigenvalue weighted by Gasteiger charge is 2.47. The van der Waals surface area contributed by atoms with E-state index in [4.69, 9.17) is 5.73 Å². The normalized spacial score (nSPS) is 21.0. The van der Waals surface area contributed by atoms with E-state index in [1.54, 1.807) is 24.4 Å². The summed E-state index contributed by atoms with van der Waals surface area (Å²) in [6.07, 6.45) is 2.27. The second-order valence-corrected chi connectivity index (χ2v) is 5.55. The molecule has 1 amide bonds. The monoisotopic (exact) mass is 346 g/mol. The lowest BCUT2D eigenvalue weighted by atomic mass is 9.84. The number of aliphatic imine (C=N–C) groups is 1. The Hall–Kier alpha value is -2.41. The summed E-state index contributed by atoms with van der Waals surface area (Å²) in [4.78, 5) is 30.5. The van der Waals surface area contributed by atoms with Crippen molar-refractivity contribution in [1.29, 1.82) is 0 Å². The molecule has 0 aliphatic carbocycles. The number of aromatic nitrogens is 1. The van der Waals surface area contributed by atoms with E-state index in [2.05, 4.69) is 31.2 Å². The molecule has 3 rings (SSSR count). The summed E-state index contributed by atoms with van der Waals surface area (Å²) in [5.74, 6) is -0.302. The van der Waals surface area contributed by atoms with Crippen molar-refractivity contribution in [2.24, 2.45) is 10.7 Å². The molecule has 1 aliphatic heterocycles. The number of nitrogens with two attached hydrogens (primary N) is 1. The molecule has 7 heteroatoms. The van der Waals surface area contributed by atoms with E-state index in [9.17, 15) is 9.59 Å². The van der Waals surface area contributed by atoms with E-state index >= 15 is 0 Å². The number of H-pyrrole nitrogens is 1. The third kappa shape index (κ3) is 2.06. The molecule has 0 spiro atoms. The van der Waals surface area contributed by atoms with Crippen LogP contribution in [0.4, 0.5) is 0 Å². The molecule has 106 valence electrons. The molecule has 2 aromatic rings. The van der Waals surface area contributed by atoms with Crippen LogP contribution in [0.5, 0.6) is 0 Å². The van der Waals surface area contributed by atoms with Crippen LogP contribution in [0.3, 0.4) is 0 Å². The molecule has 0 saturated carbocycles. The predicted molar refractivity (Wildman–Crippen MR) is 80.9 cm³/mol. The number of halogens is 1. The number of aromatic amines is 1. The molecule has 21 heavy (non-hydrogen) atoms. The number of carbonyl (C=O) groups excluding carboxylic acids is 2. The number of hydrogen-bond acceptors (Lipinski definition) is 4. The van der Waals surface area contributed by atoms with E-state index in [0.717, 1.165) is 4.47 Å². The van der Waals surface area contributed by atoms with E-state index in [-0.39, 0.29) is 11.9 Å². The van der Waals surface area contributed by atoms with Crippen LogP contribution in [0.15, 0.2) is 46.0 Å². The van der Waals surface area contributed by atoms with E-state index in [0.29, 0.717) is 23.1 Å². The first-order valence-electron chi connectivity index (χ1n) is 6.13. The van der Waals surface area contributed by atoms with Gasteiger partial charge in [-0.25, -0.2) is 4.99 Å². The zero-order valence-corrected chi connectivity index (χ0v) is 12.3. The number of guanidine groups is 1. The maximum atomic E-state index is 12.5. The van der Waals surface area contributed by atoms with Gasteiger partial charge < -0.3 is 10.7 Å². The number of amides is 1. The maximum Gasteiger partial charge on any atom is 0.264 e. The van der Waals surface area contributed by atoms with Crippen LogP contribution in [-0.2, 0) is 10.3 Å². The van der Waals surface area contributed by atoms with Crippen LogP contribution in [0.2, 0.25) is 0 Å². The summed E-state index contributed by atoms with van der Waals surface area (Å²) in [6.45, 7) is 0. The van der Waals surface area contributed by atoms with Crippen LogP contribution in [0.1, 0.15) is 21.6 Å². The Morgan fingerprint density at radius 2 is 2.10 bits per heavy atom. The second kappa shape index (κ2) is 4.85. The molecule has 1 unspecified atom stereocenters. The van der Waals surface area contributed by atoms with Crippen molar-refractivity contribution in [2.45, 2.75) is 5.54 Å². The van der Waals surface area contributed by atoms with E-state index < -0.39 is 5.54 Å². The lowest BCUT2D eigenvalue weighted by Gasteiger charge is -2.23. The van der Waals surface area contributed by atoms with Gasteiger partial charge >= 0.3 is 0 Å². The number of rotatable bonds is 3. The van der Waals surface area contributed by atoms with Crippen molar-refractivity contribution < 1.29 is 9.59 Å². The zero-order valence-electron chi connectivity index (χ0n) is 10.8. The van der Waals surface area contributed by atoms with Crippen LogP contribution in [0, 0.1) is 0 Å². The molecular weight excluding hydrogens is 336 g/mol. The van der Waals surface area contributed by atoms with Crippen LogP contribution < -0.4 is 11.1 Å². The maximum absolute atomic E-state index is 12.5. The molecule has 1 aromatic carbocycles. The fraction of sp³-hybridized carbons (Fsp3) is 0.0714. The first-order chi connectivity index (χ1) is 10.1. The Morgan fingerprint density at radius 1 is 1.29 bits per heavy atom. The standard InChI is InChI=1S/C14H11BrN4O2/c15-10-3-1-2-8(4-10)14(12(21)18-13(16)19-14)9-5-11(7-20)17-6-9/h1-7,17H,(H3,16,18,19,21). The summed E-state index contributed by atoms with van der Waals surface area (Å²) in [5, 5.41) is 2.52. The van der Waals surface area contributed by atoms with Gasteiger partial charge in [0.15, 0.2) is 17.8 Å². The minimum atomic E-state index is -1.29. The van der Waals surface area contributed by atoms with E-state index in [1.165, 1.54) is 0 Å². The molecular formula is C14H11BrN4O2. The van der Waals surface area contributed by atoms with Gasteiger partial charge in [-0.05, 0) is 23.8 Å². The first-order valence-corrected chi connectivity index (χ1v) is 6.92. The summed E-state index contributed by atoms with van der Waals surface area (Å²) in [7, 11) is 0. The van der Waals surface area contributed by atoms with Gasteiger partial charge in [-0.1, -0.05) is 28.1 Å². The summed E-state index contributed by atoms with van der Waals surface area (Å²) in [5.41, 5.74) is 5.98. The number of benzene rings is 1. The molecule has 1 atom stereocenters. The summed E-state index contributed by atoms with van der Waals surface area (Å²) >= 11 is 3.38. The molecule has 0 fully saturated rings. The number of nitrogens with zero attached hydrogens (tertiary/aromatic N) is 1. The van der Waals surface area contributed by atoms with Crippen LogP contribution >= 0.6 is 15.9 Å². The van der Waals surface area contributed by atoms with E-state index in [1.807, 2.05) is 12.1 Å².